The molecular weight excluding hydrogens is 418 g/mol. The molecule has 0 aliphatic carbocycles. The van der Waals surface area contributed by atoms with E-state index in [2.05, 4.69) is 15.3 Å². The molecule has 0 saturated carbocycles. The van der Waals surface area contributed by atoms with Crippen molar-refractivity contribution in [1.82, 2.24) is 20.6 Å². The molecule has 0 radical (unpaired) electrons. The molecule has 2 heterocycles. The summed E-state index contributed by atoms with van der Waals surface area (Å²) in [4.78, 5) is 26.5. The van der Waals surface area contributed by atoms with Crippen LogP contribution in [0.15, 0.2) is 66.9 Å². The predicted octanol–water partition coefficient (Wildman–Crippen LogP) is 3.10. The van der Waals surface area contributed by atoms with E-state index in [4.69, 9.17) is 5.21 Å². The lowest BCUT2D eigenvalue weighted by atomic mass is 10.0. The molecule has 0 spiro atoms. The first-order valence-corrected chi connectivity index (χ1v) is 10.9. The van der Waals surface area contributed by atoms with Crippen molar-refractivity contribution < 1.29 is 14.8 Å². The number of carbonyl (C=O) groups is 2. The van der Waals surface area contributed by atoms with Crippen LogP contribution in [0.5, 0.6) is 0 Å². The fourth-order valence-corrected chi connectivity index (χ4v) is 4.04. The first-order valence-electron chi connectivity index (χ1n) is 10.9. The molecule has 0 atom stereocenters. The second-order valence-electron chi connectivity index (χ2n) is 8.01. The molecule has 1 aliphatic heterocycles. The highest BCUT2D eigenvalue weighted by Crippen LogP contribution is 2.25. The minimum absolute atomic E-state index is 0.0797. The molecule has 33 heavy (non-hydrogen) atoms. The monoisotopic (exact) mass is 445 g/mol. The second kappa shape index (κ2) is 10.1. The second-order valence-corrected chi connectivity index (χ2v) is 8.01. The number of benzene rings is 2. The summed E-state index contributed by atoms with van der Waals surface area (Å²) in [6, 6.07) is 17.6. The van der Waals surface area contributed by atoms with Crippen molar-refractivity contribution in [3.8, 4) is 5.69 Å². The molecule has 1 aliphatic rings. The van der Waals surface area contributed by atoms with Gasteiger partial charge in [0, 0.05) is 37.1 Å². The van der Waals surface area contributed by atoms with Crippen LogP contribution in [0, 0.1) is 6.92 Å². The van der Waals surface area contributed by atoms with E-state index in [1.165, 1.54) is 6.08 Å². The third kappa shape index (κ3) is 5.30. The smallest absolute Gasteiger partial charge is 0.267 e. The van der Waals surface area contributed by atoms with Gasteiger partial charge < -0.3 is 10.2 Å². The van der Waals surface area contributed by atoms with Crippen molar-refractivity contribution in [2.45, 2.75) is 25.8 Å². The van der Waals surface area contributed by atoms with Crippen LogP contribution in [0.4, 0.5) is 5.69 Å². The number of para-hydroxylation sites is 2. The van der Waals surface area contributed by atoms with Gasteiger partial charge in [0.15, 0.2) is 0 Å². The Balaban J connectivity index is 1.38. The lowest BCUT2D eigenvalue weighted by Gasteiger charge is -2.34. The van der Waals surface area contributed by atoms with Crippen LogP contribution >= 0.6 is 0 Å². The Morgan fingerprint density at radius 1 is 1.06 bits per heavy atom. The van der Waals surface area contributed by atoms with E-state index in [1.807, 2.05) is 61.5 Å². The van der Waals surface area contributed by atoms with Gasteiger partial charge in [-0.15, -0.1) is 0 Å². The molecule has 0 bridgehead atoms. The molecule has 8 nitrogen and oxygen atoms in total. The first-order chi connectivity index (χ1) is 16.0. The zero-order valence-electron chi connectivity index (χ0n) is 18.4. The fourth-order valence-electron chi connectivity index (χ4n) is 4.04. The topological polar surface area (TPSA) is 99.5 Å². The molecule has 1 saturated heterocycles. The molecule has 3 N–H and O–H groups in total. The Bertz CT molecular complexity index is 1150. The van der Waals surface area contributed by atoms with Gasteiger partial charge in [-0.25, -0.2) is 10.2 Å². The number of carbonyl (C=O) groups excluding carboxylic acids is 2. The third-order valence-electron chi connectivity index (χ3n) is 5.80. The molecule has 170 valence electrons. The van der Waals surface area contributed by atoms with Crippen LogP contribution in [-0.4, -0.2) is 45.9 Å². The first kappa shape index (κ1) is 22.3. The normalized spacial score (nSPS) is 14.4. The molecular formula is C25H27N5O3. The number of aromatic nitrogens is 2. The Hall–Kier alpha value is -3.91. The average Bonchev–Trinajstić information content (AvgIpc) is 3.25. The zero-order valence-corrected chi connectivity index (χ0v) is 18.4. The van der Waals surface area contributed by atoms with Crippen LogP contribution in [0.25, 0.3) is 11.8 Å². The standard InChI is InChI=1S/C25H27N5O3/c1-18-22(17-30(27-18)21-8-3-2-4-9-21)25(32)26-20-13-15-29(16-14-20)23-10-6-5-7-19(23)11-12-24(31)28-33/h2-12,17,20,33H,13-16H2,1H3,(H,26,32)(H,28,31)/b12-11+. The summed E-state index contributed by atoms with van der Waals surface area (Å²) >= 11 is 0. The van der Waals surface area contributed by atoms with Crippen molar-refractivity contribution in [2.75, 3.05) is 18.0 Å². The van der Waals surface area contributed by atoms with Gasteiger partial charge in [0.05, 0.1) is 16.9 Å². The number of rotatable bonds is 6. The van der Waals surface area contributed by atoms with E-state index in [9.17, 15) is 9.59 Å². The van der Waals surface area contributed by atoms with Gasteiger partial charge in [-0.1, -0.05) is 36.4 Å². The van der Waals surface area contributed by atoms with Crippen LogP contribution in [0.1, 0.15) is 34.5 Å². The largest absolute Gasteiger partial charge is 0.371 e. The highest BCUT2D eigenvalue weighted by atomic mass is 16.5. The molecule has 0 unspecified atom stereocenters. The van der Waals surface area contributed by atoms with Gasteiger partial charge in [-0.2, -0.15) is 5.10 Å². The Morgan fingerprint density at radius 3 is 2.48 bits per heavy atom. The van der Waals surface area contributed by atoms with Crippen molar-refractivity contribution in [3.05, 3.63) is 83.7 Å². The van der Waals surface area contributed by atoms with Crippen LogP contribution in [0.3, 0.4) is 0 Å². The molecule has 1 aromatic heterocycles. The molecule has 2 amide bonds. The number of hydrogen-bond donors (Lipinski definition) is 3. The summed E-state index contributed by atoms with van der Waals surface area (Å²) in [5.74, 6) is -0.677. The number of anilines is 1. The van der Waals surface area contributed by atoms with Gasteiger partial charge in [0.1, 0.15) is 0 Å². The van der Waals surface area contributed by atoms with Gasteiger partial charge in [0.2, 0.25) is 0 Å². The van der Waals surface area contributed by atoms with Crippen LogP contribution < -0.4 is 15.7 Å². The van der Waals surface area contributed by atoms with E-state index in [1.54, 1.807) is 22.4 Å². The summed E-state index contributed by atoms with van der Waals surface area (Å²) in [6.45, 7) is 3.41. The Kier molecular flexibility index (Phi) is 6.85. The number of hydroxylamine groups is 1. The third-order valence-corrected chi connectivity index (χ3v) is 5.80. The zero-order chi connectivity index (χ0) is 23.2. The van der Waals surface area contributed by atoms with E-state index in [-0.39, 0.29) is 11.9 Å². The number of aryl methyl sites for hydroxylation is 1. The number of amides is 2. The van der Waals surface area contributed by atoms with E-state index < -0.39 is 5.91 Å². The maximum atomic E-state index is 12.9. The van der Waals surface area contributed by atoms with Gasteiger partial charge in [-0.05, 0) is 49.6 Å². The highest BCUT2D eigenvalue weighted by Gasteiger charge is 2.24. The number of piperidine rings is 1. The lowest BCUT2D eigenvalue weighted by molar-refractivity contribution is -0.124. The van der Waals surface area contributed by atoms with E-state index >= 15 is 0 Å². The van der Waals surface area contributed by atoms with Crippen molar-refractivity contribution in [1.29, 1.82) is 0 Å². The summed E-state index contributed by atoms with van der Waals surface area (Å²) in [5, 5.41) is 16.3. The minimum atomic E-state index is -0.572. The maximum absolute atomic E-state index is 12.9. The van der Waals surface area contributed by atoms with Crippen molar-refractivity contribution in [2.24, 2.45) is 0 Å². The fraction of sp³-hybridized carbons (Fsp3) is 0.240. The average molecular weight is 446 g/mol. The number of nitrogens with zero attached hydrogens (tertiary/aromatic N) is 3. The predicted molar refractivity (Wildman–Crippen MR) is 126 cm³/mol. The Labute approximate surface area is 192 Å². The quantitative estimate of drug-likeness (QED) is 0.308. The van der Waals surface area contributed by atoms with Gasteiger partial charge in [-0.3, -0.25) is 14.8 Å². The lowest BCUT2D eigenvalue weighted by Crippen LogP contribution is -2.45. The van der Waals surface area contributed by atoms with Crippen LogP contribution in [0.2, 0.25) is 0 Å². The van der Waals surface area contributed by atoms with Gasteiger partial charge >= 0.3 is 0 Å². The number of hydrogen-bond acceptors (Lipinski definition) is 5. The molecule has 1 fully saturated rings. The SMILES string of the molecule is Cc1nn(-c2ccccc2)cc1C(=O)NC1CCN(c2ccccc2/C=C/C(=O)NO)CC1. The van der Waals surface area contributed by atoms with E-state index in [0.29, 0.717) is 11.3 Å². The summed E-state index contributed by atoms with van der Waals surface area (Å²) in [7, 11) is 0. The van der Waals surface area contributed by atoms with Crippen molar-refractivity contribution in [3.63, 3.8) is 0 Å². The summed E-state index contributed by atoms with van der Waals surface area (Å²) in [5.41, 5.74) is 5.71. The summed E-state index contributed by atoms with van der Waals surface area (Å²) < 4.78 is 1.73. The molecule has 2 aromatic carbocycles. The van der Waals surface area contributed by atoms with Crippen molar-refractivity contribution >= 4 is 23.6 Å². The van der Waals surface area contributed by atoms with E-state index in [0.717, 1.165) is 42.9 Å². The number of nitrogens with one attached hydrogen (secondary N) is 2. The molecule has 8 heteroatoms. The maximum Gasteiger partial charge on any atom is 0.267 e. The molecule has 3 aromatic rings. The van der Waals surface area contributed by atoms with Gasteiger partial charge in [0.25, 0.3) is 11.8 Å². The Morgan fingerprint density at radius 2 is 1.76 bits per heavy atom. The minimum Gasteiger partial charge on any atom is -0.371 e. The molecule has 4 rings (SSSR count). The highest BCUT2D eigenvalue weighted by molar-refractivity contribution is 5.95. The summed E-state index contributed by atoms with van der Waals surface area (Å²) in [6.07, 6.45) is 6.38. The van der Waals surface area contributed by atoms with Crippen LogP contribution in [-0.2, 0) is 4.79 Å².